The molecular weight excluding hydrogens is 432 g/mol. The number of amides is 4. The molecule has 164 valence electrons. The number of anilines is 1. The number of nitrogens with zero attached hydrogens (tertiary/aromatic N) is 1. The molecule has 2 fully saturated rings. The van der Waals surface area contributed by atoms with Crippen LogP contribution in [0.25, 0.3) is 0 Å². The predicted molar refractivity (Wildman–Crippen MR) is 116 cm³/mol. The Balaban J connectivity index is 1.55. The first kappa shape index (κ1) is 20.7. The minimum absolute atomic E-state index is 0.169. The summed E-state index contributed by atoms with van der Waals surface area (Å²) in [6, 6.07) is 13.7. The molecule has 2 aromatic carbocycles. The number of primary amides is 1. The number of nitrogens with two attached hydrogens (primary N) is 1. The van der Waals surface area contributed by atoms with Crippen molar-refractivity contribution in [1.82, 2.24) is 10.2 Å². The molecule has 5 rings (SSSR count). The Kier molecular flexibility index (Phi) is 4.79. The molecule has 32 heavy (non-hydrogen) atoms. The van der Waals surface area contributed by atoms with Crippen molar-refractivity contribution in [2.75, 3.05) is 11.9 Å². The summed E-state index contributed by atoms with van der Waals surface area (Å²) in [5.41, 5.74) is 5.96. The Morgan fingerprint density at radius 2 is 1.84 bits per heavy atom. The third kappa shape index (κ3) is 2.94. The molecule has 2 saturated heterocycles. The summed E-state index contributed by atoms with van der Waals surface area (Å²) in [5, 5.41) is 6.34. The van der Waals surface area contributed by atoms with Crippen LogP contribution in [-0.4, -0.2) is 41.1 Å². The van der Waals surface area contributed by atoms with Gasteiger partial charge in [0, 0.05) is 35.3 Å². The Labute approximate surface area is 189 Å². The van der Waals surface area contributed by atoms with Gasteiger partial charge in [0.25, 0.3) is 0 Å². The lowest BCUT2D eigenvalue weighted by atomic mass is 9.76. The Morgan fingerprint density at radius 3 is 2.56 bits per heavy atom. The molecule has 8 nitrogen and oxygen atoms in total. The van der Waals surface area contributed by atoms with Crippen LogP contribution < -0.4 is 16.4 Å². The Hall–Kier alpha value is -3.23. The van der Waals surface area contributed by atoms with E-state index in [1.807, 2.05) is 30.3 Å². The molecule has 0 bridgehead atoms. The number of hydrogen-bond acceptors (Lipinski definition) is 5. The summed E-state index contributed by atoms with van der Waals surface area (Å²) in [6.45, 7) is 0.193. The quantitative estimate of drug-likeness (QED) is 0.588. The lowest BCUT2D eigenvalue weighted by Crippen LogP contribution is -2.53. The number of rotatable bonds is 5. The SMILES string of the molecule is NC(=O)C[C@@H]1N[C@@]2(C(=O)Nc3ccc(Cl)cc32)[C@@H]2C(=O)N(CCc3ccccc3)C(=O)[C@@H]12. The number of halogens is 1. The third-order valence-corrected chi connectivity index (χ3v) is 6.89. The number of hydrogen-bond donors (Lipinski definition) is 3. The van der Waals surface area contributed by atoms with Crippen LogP contribution >= 0.6 is 11.6 Å². The highest BCUT2D eigenvalue weighted by Crippen LogP contribution is 2.53. The van der Waals surface area contributed by atoms with Crippen LogP contribution in [0.2, 0.25) is 5.02 Å². The van der Waals surface area contributed by atoms with Crippen molar-refractivity contribution in [3.05, 3.63) is 64.7 Å². The molecular formula is C23H21ClN4O4. The van der Waals surface area contributed by atoms with E-state index in [9.17, 15) is 19.2 Å². The van der Waals surface area contributed by atoms with Crippen LogP contribution in [-0.2, 0) is 31.1 Å². The normalized spacial score (nSPS) is 28.2. The van der Waals surface area contributed by atoms with Crippen molar-refractivity contribution in [2.24, 2.45) is 17.6 Å². The second kappa shape index (κ2) is 7.43. The Bertz CT molecular complexity index is 1150. The van der Waals surface area contributed by atoms with Gasteiger partial charge in [-0.1, -0.05) is 41.9 Å². The third-order valence-electron chi connectivity index (χ3n) is 6.66. The smallest absolute Gasteiger partial charge is 0.250 e. The zero-order valence-corrected chi connectivity index (χ0v) is 17.8. The predicted octanol–water partition coefficient (Wildman–Crippen LogP) is 1.18. The van der Waals surface area contributed by atoms with Crippen molar-refractivity contribution in [2.45, 2.75) is 24.4 Å². The molecule has 3 heterocycles. The largest absolute Gasteiger partial charge is 0.370 e. The van der Waals surface area contributed by atoms with E-state index in [1.54, 1.807) is 18.2 Å². The van der Waals surface area contributed by atoms with Crippen molar-refractivity contribution >= 4 is 40.9 Å². The molecule has 9 heteroatoms. The maximum Gasteiger partial charge on any atom is 0.250 e. The van der Waals surface area contributed by atoms with Gasteiger partial charge in [0.05, 0.1) is 11.8 Å². The molecule has 0 saturated carbocycles. The average Bonchev–Trinajstić information content (AvgIpc) is 3.32. The monoisotopic (exact) mass is 452 g/mol. The van der Waals surface area contributed by atoms with Gasteiger partial charge in [-0.15, -0.1) is 0 Å². The van der Waals surface area contributed by atoms with Crippen molar-refractivity contribution < 1.29 is 19.2 Å². The van der Waals surface area contributed by atoms with E-state index in [0.29, 0.717) is 22.7 Å². The molecule has 0 unspecified atom stereocenters. The van der Waals surface area contributed by atoms with Gasteiger partial charge in [-0.05, 0) is 30.2 Å². The van der Waals surface area contributed by atoms with Crippen molar-refractivity contribution in [1.29, 1.82) is 0 Å². The zero-order chi connectivity index (χ0) is 22.6. The molecule has 4 N–H and O–H groups in total. The molecule has 2 aromatic rings. The maximum atomic E-state index is 13.6. The van der Waals surface area contributed by atoms with Gasteiger partial charge in [0.2, 0.25) is 23.6 Å². The number of carbonyl (C=O) groups excluding carboxylic acids is 4. The fourth-order valence-corrected chi connectivity index (χ4v) is 5.50. The first-order chi connectivity index (χ1) is 15.3. The molecule has 4 atom stereocenters. The van der Waals surface area contributed by atoms with Gasteiger partial charge >= 0.3 is 0 Å². The van der Waals surface area contributed by atoms with E-state index >= 15 is 0 Å². The zero-order valence-electron chi connectivity index (χ0n) is 17.0. The van der Waals surface area contributed by atoms with E-state index in [-0.39, 0.29) is 13.0 Å². The number of likely N-dealkylation sites (tertiary alicyclic amines) is 1. The number of nitrogens with one attached hydrogen (secondary N) is 2. The fourth-order valence-electron chi connectivity index (χ4n) is 5.33. The number of carbonyl (C=O) groups is 4. The summed E-state index contributed by atoms with van der Waals surface area (Å²) in [4.78, 5) is 53.2. The first-order valence-corrected chi connectivity index (χ1v) is 10.8. The number of fused-ring (bicyclic) bond motifs is 4. The summed E-state index contributed by atoms with van der Waals surface area (Å²) >= 11 is 6.20. The highest BCUT2D eigenvalue weighted by atomic mass is 35.5. The number of imide groups is 1. The van der Waals surface area contributed by atoms with Gasteiger partial charge in [-0.25, -0.2) is 0 Å². The lowest BCUT2D eigenvalue weighted by Gasteiger charge is -2.29. The van der Waals surface area contributed by atoms with Gasteiger partial charge in [-0.2, -0.15) is 0 Å². The highest BCUT2D eigenvalue weighted by Gasteiger charge is 2.70. The Morgan fingerprint density at radius 1 is 1.09 bits per heavy atom. The van der Waals surface area contributed by atoms with E-state index in [1.165, 1.54) is 4.90 Å². The summed E-state index contributed by atoms with van der Waals surface area (Å²) < 4.78 is 0. The van der Waals surface area contributed by atoms with E-state index < -0.39 is 47.0 Å². The average molecular weight is 453 g/mol. The molecule has 3 aliphatic heterocycles. The lowest BCUT2D eigenvalue weighted by molar-refractivity contribution is -0.142. The van der Waals surface area contributed by atoms with Crippen LogP contribution in [0.1, 0.15) is 17.5 Å². The molecule has 1 spiro atoms. The van der Waals surface area contributed by atoms with Crippen LogP contribution in [0.5, 0.6) is 0 Å². The molecule has 4 amide bonds. The molecule has 3 aliphatic rings. The number of benzene rings is 2. The molecule has 0 aliphatic carbocycles. The summed E-state index contributed by atoms with van der Waals surface area (Å²) in [5.74, 6) is -3.75. The van der Waals surface area contributed by atoms with Crippen molar-refractivity contribution in [3.8, 4) is 0 Å². The summed E-state index contributed by atoms with van der Waals surface area (Å²) in [7, 11) is 0. The summed E-state index contributed by atoms with van der Waals surface area (Å²) in [6.07, 6.45) is 0.324. The van der Waals surface area contributed by atoms with Gasteiger partial charge in [0.15, 0.2) is 0 Å². The van der Waals surface area contributed by atoms with Gasteiger partial charge < -0.3 is 11.1 Å². The minimum Gasteiger partial charge on any atom is -0.370 e. The van der Waals surface area contributed by atoms with Crippen molar-refractivity contribution in [3.63, 3.8) is 0 Å². The first-order valence-electron chi connectivity index (χ1n) is 10.4. The standard InChI is InChI=1S/C23H21ClN4O4/c24-13-6-7-15-14(10-13)23(22(32)26-15)19-18(16(27-23)11-17(25)29)20(30)28(21(19)31)9-8-12-4-2-1-3-5-12/h1-7,10,16,18-19,27H,8-9,11H2,(H2,25,29)(H,26,32)/t16-,18-,19-,23+/m0/s1. The fraction of sp³-hybridized carbons (Fsp3) is 0.304. The second-order valence-corrected chi connectivity index (χ2v) is 8.88. The minimum atomic E-state index is -1.49. The van der Waals surface area contributed by atoms with Crippen LogP contribution in [0.4, 0.5) is 5.69 Å². The van der Waals surface area contributed by atoms with Gasteiger partial charge in [-0.3, -0.25) is 29.4 Å². The molecule has 0 aromatic heterocycles. The molecule has 0 radical (unpaired) electrons. The van der Waals surface area contributed by atoms with E-state index in [2.05, 4.69) is 10.6 Å². The second-order valence-electron chi connectivity index (χ2n) is 8.44. The maximum absolute atomic E-state index is 13.6. The highest BCUT2D eigenvalue weighted by molar-refractivity contribution is 6.31. The van der Waals surface area contributed by atoms with E-state index in [0.717, 1.165) is 5.56 Å². The van der Waals surface area contributed by atoms with Crippen LogP contribution in [0.3, 0.4) is 0 Å². The van der Waals surface area contributed by atoms with Gasteiger partial charge in [0.1, 0.15) is 5.54 Å². The topological polar surface area (TPSA) is 122 Å². The van der Waals surface area contributed by atoms with E-state index in [4.69, 9.17) is 17.3 Å². The van der Waals surface area contributed by atoms with Crippen LogP contribution in [0.15, 0.2) is 48.5 Å². The van der Waals surface area contributed by atoms with Crippen LogP contribution in [0, 0.1) is 11.8 Å².